The van der Waals surface area contributed by atoms with Crippen LogP contribution >= 0.6 is 11.8 Å². The summed E-state index contributed by atoms with van der Waals surface area (Å²) >= 11 is 1.66. The van der Waals surface area contributed by atoms with E-state index in [0.717, 1.165) is 28.1 Å². The van der Waals surface area contributed by atoms with Gasteiger partial charge in [0.1, 0.15) is 5.82 Å². The van der Waals surface area contributed by atoms with Crippen molar-refractivity contribution in [2.24, 2.45) is 0 Å². The summed E-state index contributed by atoms with van der Waals surface area (Å²) in [7, 11) is 0. The summed E-state index contributed by atoms with van der Waals surface area (Å²) < 4.78 is 13.2. The van der Waals surface area contributed by atoms with Gasteiger partial charge in [-0.25, -0.2) is 4.39 Å². The highest BCUT2D eigenvalue weighted by molar-refractivity contribution is 7.98. The molecule has 0 aliphatic heterocycles. The third-order valence-corrected chi connectivity index (χ3v) is 4.11. The fourth-order valence-electron chi connectivity index (χ4n) is 2.48. The van der Waals surface area contributed by atoms with Crippen molar-refractivity contribution >= 4 is 17.4 Å². The van der Waals surface area contributed by atoms with Crippen molar-refractivity contribution < 1.29 is 4.39 Å². The molecule has 2 aromatic carbocycles. The summed E-state index contributed by atoms with van der Waals surface area (Å²) in [5.74, 6) is -0.171. The minimum absolute atomic E-state index is 0.171. The molecule has 17 heavy (non-hydrogen) atoms. The van der Waals surface area contributed by atoms with Crippen molar-refractivity contribution in [3.63, 3.8) is 0 Å². The fourth-order valence-corrected chi connectivity index (χ4v) is 3.21. The van der Waals surface area contributed by atoms with Gasteiger partial charge in [0.25, 0.3) is 0 Å². The average molecular weight is 245 g/mol. The van der Waals surface area contributed by atoms with Gasteiger partial charge in [0.15, 0.2) is 0 Å². The van der Waals surface area contributed by atoms with E-state index in [9.17, 15) is 4.39 Å². The molecule has 3 heteroatoms. The van der Waals surface area contributed by atoms with E-state index in [1.807, 2.05) is 24.5 Å². The standard InChI is InChI=1S/C14H12FNS/c1-17-14-12-7-8-6-9(15)2-3-10(8)11(12)4-5-13(14)16/h2-6H,7,16H2,1H3. The monoisotopic (exact) mass is 245 g/mol. The molecule has 0 saturated carbocycles. The van der Waals surface area contributed by atoms with Crippen LogP contribution in [0.3, 0.4) is 0 Å². The summed E-state index contributed by atoms with van der Waals surface area (Å²) in [4.78, 5) is 1.12. The molecular weight excluding hydrogens is 233 g/mol. The highest BCUT2D eigenvalue weighted by Gasteiger charge is 2.22. The summed E-state index contributed by atoms with van der Waals surface area (Å²) in [6.45, 7) is 0. The lowest BCUT2D eigenvalue weighted by Gasteiger charge is -2.08. The second-order valence-electron chi connectivity index (χ2n) is 4.19. The molecule has 2 N–H and O–H groups in total. The van der Waals surface area contributed by atoms with Crippen LogP contribution in [0, 0.1) is 5.82 Å². The second kappa shape index (κ2) is 3.77. The van der Waals surface area contributed by atoms with Crippen molar-refractivity contribution in [3.05, 3.63) is 47.3 Å². The Labute approximate surface area is 104 Å². The van der Waals surface area contributed by atoms with Crippen LogP contribution in [0.25, 0.3) is 11.1 Å². The zero-order chi connectivity index (χ0) is 12.0. The lowest BCUT2D eigenvalue weighted by atomic mass is 10.1. The first-order valence-corrected chi connectivity index (χ1v) is 6.67. The predicted octanol–water partition coefficient (Wildman–Crippen LogP) is 3.70. The van der Waals surface area contributed by atoms with Gasteiger partial charge in [-0.15, -0.1) is 11.8 Å². The Hall–Kier alpha value is -1.48. The number of nitrogen functional groups attached to an aromatic ring is 1. The Bertz CT molecular complexity index is 607. The van der Waals surface area contributed by atoms with Crippen LogP contribution in [0.15, 0.2) is 35.2 Å². The Balaban J connectivity index is 2.25. The molecule has 1 aliphatic rings. The third kappa shape index (κ3) is 1.53. The quantitative estimate of drug-likeness (QED) is 0.522. The van der Waals surface area contributed by atoms with E-state index in [0.29, 0.717) is 0 Å². The third-order valence-electron chi connectivity index (χ3n) is 3.22. The molecule has 0 bridgehead atoms. The van der Waals surface area contributed by atoms with E-state index in [1.54, 1.807) is 17.8 Å². The van der Waals surface area contributed by atoms with E-state index in [2.05, 4.69) is 0 Å². The number of anilines is 1. The number of rotatable bonds is 1. The lowest BCUT2D eigenvalue weighted by Crippen LogP contribution is -1.93. The molecule has 0 spiro atoms. The van der Waals surface area contributed by atoms with Gasteiger partial charge in [0.2, 0.25) is 0 Å². The molecule has 0 aromatic heterocycles. The predicted molar refractivity (Wildman–Crippen MR) is 70.8 cm³/mol. The molecule has 0 unspecified atom stereocenters. The maximum Gasteiger partial charge on any atom is 0.123 e. The van der Waals surface area contributed by atoms with E-state index < -0.39 is 0 Å². The fraction of sp³-hybridized carbons (Fsp3) is 0.143. The number of fused-ring (bicyclic) bond motifs is 3. The zero-order valence-corrected chi connectivity index (χ0v) is 10.3. The number of hydrogen-bond donors (Lipinski definition) is 1. The second-order valence-corrected chi connectivity index (χ2v) is 5.01. The van der Waals surface area contributed by atoms with Crippen molar-refractivity contribution in [1.29, 1.82) is 0 Å². The number of nitrogens with two attached hydrogens (primary N) is 1. The highest BCUT2D eigenvalue weighted by Crippen LogP contribution is 2.43. The van der Waals surface area contributed by atoms with E-state index in [4.69, 9.17) is 5.73 Å². The van der Waals surface area contributed by atoms with E-state index >= 15 is 0 Å². The van der Waals surface area contributed by atoms with E-state index in [-0.39, 0.29) is 5.82 Å². The van der Waals surface area contributed by atoms with Gasteiger partial charge in [-0.05, 0) is 53.1 Å². The van der Waals surface area contributed by atoms with Crippen LogP contribution in [-0.4, -0.2) is 6.26 Å². The minimum Gasteiger partial charge on any atom is -0.398 e. The molecule has 0 radical (unpaired) electrons. The van der Waals surface area contributed by atoms with Crippen LogP contribution in [0.2, 0.25) is 0 Å². The minimum atomic E-state index is -0.171. The van der Waals surface area contributed by atoms with Gasteiger partial charge >= 0.3 is 0 Å². The largest absolute Gasteiger partial charge is 0.398 e. The summed E-state index contributed by atoms with van der Waals surface area (Å²) in [6, 6.07) is 8.97. The van der Waals surface area contributed by atoms with Gasteiger partial charge in [-0.2, -0.15) is 0 Å². The van der Waals surface area contributed by atoms with Crippen molar-refractivity contribution in [3.8, 4) is 11.1 Å². The van der Waals surface area contributed by atoms with E-state index in [1.165, 1.54) is 17.2 Å². The van der Waals surface area contributed by atoms with Crippen LogP contribution in [0.5, 0.6) is 0 Å². The molecular formula is C14H12FNS. The van der Waals surface area contributed by atoms with Gasteiger partial charge in [0, 0.05) is 10.6 Å². The van der Waals surface area contributed by atoms with Gasteiger partial charge in [-0.3, -0.25) is 0 Å². The maximum absolute atomic E-state index is 13.2. The Morgan fingerprint density at radius 2 is 1.94 bits per heavy atom. The molecule has 0 amide bonds. The van der Waals surface area contributed by atoms with Crippen LogP contribution in [0.1, 0.15) is 11.1 Å². The molecule has 1 nitrogen and oxygen atoms in total. The first kappa shape index (κ1) is 10.7. The summed E-state index contributed by atoms with van der Waals surface area (Å²) in [5, 5.41) is 0. The number of benzene rings is 2. The molecule has 3 rings (SSSR count). The zero-order valence-electron chi connectivity index (χ0n) is 9.46. The van der Waals surface area contributed by atoms with Crippen molar-refractivity contribution in [2.75, 3.05) is 12.0 Å². The molecule has 0 atom stereocenters. The first-order valence-electron chi connectivity index (χ1n) is 5.45. The van der Waals surface area contributed by atoms with Gasteiger partial charge < -0.3 is 5.73 Å². The SMILES string of the molecule is CSc1c(N)ccc2c1Cc1cc(F)ccc1-2. The maximum atomic E-state index is 13.2. The normalized spacial score (nSPS) is 12.4. The number of thioether (sulfide) groups is 1. The van der Waals surface area contributed by atoms with Gasteiger partial charge in [0.05, 0.1) is 0 Å². The summed E-state index contributed by atoms with van der Waals surface area (Å²) in [5.41, 5.74) is 11.4. The smallest absolute Gasteiger partial charge is 0.123 e. The Kier molecular flexibility index (Phi) is 2.37. The number of halogens is 1. The molecule has 1 aliphatic carbocycles. The molecule has 86 valence electrons. The molecule has 0 fully saturated rings. The topological polar surface area (TPSA) is 26.0 Å². The first-order chi connectivity index (χ1) is 8.20. The summed E-state index contributed by atoms with van der Waals surface area (Å²) in [6.07, 6.45) is 2.80. The van der Waals surface area contributed by atoms with Crippen LogP contribution < -0.4 is 5.73 Å². The van der Waals surface area contributed by atoms with Crippen molar-refractivity contribution in [2.45, 2.75) is 11.3 Å². The lowest BCUT2D eigenvalue weighted by molar-refractivity contribution is 0.626. The number of hydrogen-bond acceptors (Lipinski definition) is 2. The molecule has 2 aromatic rings. The van der Waals surface area contributed by atoms with Crippen LogP contribution in [0.4, 0.5) is 10.1 Å². The Morgan fingerprint density at radius 1 is 1.18 bits per heavy atom. The molecule has 0 heterocycles. The molecule has 0 saturated heterocycles. The average Bonchev–Trinajstić information content (AvgIpc) is 2.66. The van der Waals surface area contributed by atoms with Gasteiger partial charge in [-0.1, -0.05) is 12.1 Å². The highest BCUT2D eigenvalue weighted by atomic mass is 32.2. The van der Waals surface area contributed by atoms with Crippen molar-refractivity contribution in [1.82, 2.24) is 0 Å². The Morgan fingerprint density at radius 3 is 2.71 bits per heavy atom. The van der Waals surface area contributed by atoms with Crippen LogP contribution in [-0.2, 0) is 6.42 Å².